The fraction of sp³-hybridized carbons (Fsp3) is 0.333. The van der Waals surface area contributed by atoms with E-state index in [9.17, 15) is 9.59 Å². The zero-order valence-electron chi connectivity index (χ0n) is 13.9. The highest BCUT2D eigenvalue weighted by atomic mass is 35.5. The molecule has 0 atom stereocenters. The van der Waals surface area contributed by atoms with E-state index >= 15 is 0 Å². The van der Waals surface area contributed by atoms with Crippen molar-refractivity contribution in [1.82, 2.24) is 0 Å². The first kappa shape index (κ1) is 16.3. The van der Waals surface area contributed by atoms with Crippen LogP contribution in [0.25, 0.3) is 6.08 Å². The molecular formula is C21H19ClO3. The van der Waals surface area contributed by atoms with Crippen LogP contribution in [0.5, 0.6) is 0 Å². The van der Waals surface area contributed by atoms with Crippen molar-refractivity contribution >= 4 is 29.2 Å². The smallest absolute Gasteiger partial charge is 0.163 e. The van der Waals surface area contributed by atoms with Crippen molar-refractivity contribution in [1.29, 1.82) is 0 Å². The van der Waals surface area contributed by atoms with Crippen LogP contribution in [0.4, 0.5) is 0 Å². The lowest BCUT2D eigenvalue weighted by molar-refractivity contribution is -0.117. The van der Waals surface area contributed by atoms with Gasteiger partial charge in [-0.1, -0.05) is 35.9 Å². The second kappa shape index (κ2) is 6.64. The second-order valence-electron chi connectivity index (χ2n) is 6.72. The third-order valence-corrected chi connectivity index (χ3v) is 5.29. The minimum atomic E-state index is -0.282. The Hall–Kier alpha value is -2.13. The Morgan fingerprint density at radius 3 is 2.00 bits per heavy atom. The van der Waals surface area contributed by atoms with Crippen molar-refractivity contribution in [2.24, 2.45) is 5.92 Å². The van der Waals surface area contributed by atoms with E-state index in [1.165, 1.54) is 0 Å². The Balaban J connectivity index is 1.75. The average Bonchev–Trinajstić information content (AvgIpc) is 2.60. The van der Waals surface area contributed by atoms with E-state index in [1.54, 1.807) is 0 Å². The molecule has 0 unspecified atom stereocenters. The first-order valence-electron chi connectivity index (χ1n) is 8.77. The quantitative estimate of drug-likeness (QED) is 0.749. The van der Waals surface area contributed by atoms with Crippen molar-refractivity contribution in [3.63, 3.8) is 0 Å². The molecule has 1 aromatic rings. The lowest BCUT2D eigenvalue weighted by atomic mass is 9.76. The number of hydrogen-bond donors (Lipinski definition) is 0. The van der Waals surface area contributed by atoms with E-state index in [-0.39, 0.29) is 17.5 Å². The number of halogens is 1. The minimum absolute atomic E-state index is 0.108. The molecule has 0 aromatic heterocycles. The van der Waals surface area contributed by atoms with Gasteiger partial charge in [-0.15, -0.1) is 0 Å². The molecule has 0 amide bonds. The highest BCUT2D eigenvalue weighted by molar-refractivity contribution is 6.30. The van der Waals surface area contributed by atoms with E-state index in [4.69, 9.17) is 16.3 Å². The van der Waals surface area contributed by atoms with Crippen molar-refractivity contribution in [2.75, 3.05) is 0 Å². The van der Waals surface area contributed by atoms with Crippen molar-refractivity contribution in [3.8, 4) is 0 Å². The molecule has 0 bridgehead atoms. The second-order valence-corrected chi connectivity index (χ2v) is 7.15. The number of ketones is 2. The van der Waals surface area contributed by atoms with Crippen LogP contribution in [0.1, 0.15) is 44.1 Å². The van der Waals surface area contributed by atoms with Gasteiger partial charge < -0.3 is 4.74 Å². The standard InChI is InChI=1S/C21H19ClO3/c22-14-10-7-13(8-11-14)9-12-15-20-16(23)3-1-5-18(20)25-19-6-2-4-17(24)21(15)19/h7-12,15H,1-6H2/b12-9+. The number of carbonyl (C=O) groups excluding carboxylic acids is 2. The summed E-state index contributed by atoms with van der Waals surface area (Å²) in [6.45, 7) is 0. The number of Topliss-reactive ketones (excluding diaryl/α,β-unsaturated/α-hetero) is 2. The van der Waals surface area contributed by atoms with Crippen molar-refractivity contribution < 1.29 is 14.3 Å². The number of allylic oxidation sites excluding steroid dienone is 5. The summed E-state index contributed by atoms with van der Waals surface area (Å²) in [6, 6.07) is 7.51. The van der Waals surface area contributed by atoms with Crippen LogP contribution in [0, 0.1) is 5.92 Å². The van der Waals surface area contributed by atoms with Gasteiger partial charge in [-0.25, -0.2) is 0 Å². The molecule has 0 saturated carbocycles. The Bertz CT molecular complexity index is 785. The van der Waals surface area contributed by atoms with E-state index in [0.29, 0.717) is 29.0 Å². The summed E-state index contributed by atoms with van der Waals surface area (Å²) >= 11 is 5.94. The third-order valence-electron chi connectivity index (χ3n) is 5.04. The lowest BCUT2D eigenvalue weighted by Crippen LogP contribution is -2.30. The normalized spacial score (nSPS) is 21.5. The molecule has 1 heterocycles. The van der Waals surface area contributed by atoms with E-state index < -0.39 is 0 Å². The van der Waals surface area contributed by atoms with Gasteiger partial charge in [0, 0.05) is 47.8 Å². The molecule has 3 aliphatic rings. The maximum absolute atomic E-state index is 12.6. The van der Waals surface area contributed by atoms with Gasteiger partial charge in [-0.05, 0) is 30.5 Å². The zero-order chi connectivity index (χ0) is 17.4. The average molecular weight is 355 g/mol. The first-order chi connectivity index (χ1) is 12.1. The van der Waals surface area contributed by atoms with E-state index in [0.717, 1.165) is 42.8 Å². The fourth-order valence-electron chi connectivity index (χ4n) is 3.84. The molecule has 0 radical (unpaired) electrons. The topological polar surface area (TPSA) is 43.4 Å². The first-order valence-corrected chi connectivity index (χ1v) is 9.15. The van der Waals surface area contributed by atoms with Crippen LogP contribution in [-0.2, 0) is 14.3 Å². The minimum Gasteiger partial charge on any atom is -0.465 e. The van der Waals surface area contributed by atoms with E-state index in [2.05, 4.69) is 0 Å². The van der Waals surface area contributed by atoms with Crippen LogP contribution in [-0.4, -0.2) is 11.6 Å². The van der Waals surface area contributed by atoms with E-state index in [1.807, 2.05) is 36.4 Å². The molecule has 0 fully saturated rings. The molecule has 128 valence electrons. The van der Waals surface area contributed by atoms with Crippen LogP contribution < -0.4 is 0 Å². The molecule has 25 heavy (non-hydrogen) atoms. The van der Waals surface area contributed by atoms with Crippen molar-refractivity contribution in [3.05, 3.63) is 63.6 Å². The Labute approximate surface area is 152 Å². The van der Waals surface area contributed by atoms with Gasteiger partial charge in [0.05, 0.1) is 0 Å². The number of benzene rings is 1. The van der Waals surface area contributed by atoms with Gasteiger partial charge in [0.2, 0.25) is 0 Å². The summed E-state index contributed by atoms with van der Waals surface area (Å²) in [5, 5.41) is 0.683. The Morgan fingerprint density at radius 2 is 1.44 bits per heavy atom. The van der Waals surface area contributed by atoms with Gasteiger partial charge in [0.15, 0.2) is 11.6 Å². The Morgan fingerprint density at radius 1 is 0.880 bits per heavy atom. The molecule has 2 aliphatic carbocycles. The zero-order valence-corrected chi connectivity index (χ0v) is 14.6. The summed E-state index contributed by atoms with van der Waals surface area (Å²) in [4.78, 5) is 25.1. The number of ether oxygens (including phenoxy) is 1. The fourth-order valence-corrected chi connectivity index (χ4v) is 3.97. The number of rotatable bonds is 2. The summed E-state index contributed by atoms with van der Waals surface area (Å²) in [5.74, 6) is 1.48. The van der Waals surface area contributed by atoms with Crippen molar-refractivity contribution in [2.45, 2.75) is 38.5 Å². The molecule has 0 saturated heterocycles. The maximum atomic E-state index is 12.6. The van der Waals surface area contributed by atoms with Gasteiger partial charge >= 0.3 is 0 Å². The molecular weight excluding hydrogens is 336 g/mol. The summed E-state index contributed by atoms with van der Waals surface area (Å²) in [7, 11) is 0. The summed E-state index contributed by atoms with van der Waals surface area (Å²) in [5.41, 5.74) is 2.36. The molecule has 4 rings (SSSR count). The molecule has 1 aliphatic heterocycles. The van der Waals surface area contributed by atoms with Crippen LogP contribution in [0.2, 0.25) is 5.02 Å². The maximum Gasteiger partial charge on any atom is 0.163 e. The van der Waals surface area contributed by atoms with Gasteiger partial charge in [0.25, 0.3) is 0 Å². The molecule has 0 N–H and O–H groups in total. The lowest BCUT2D eigenvalue weighted by Gasteiger charge is -2.34. The molecule has 3 nitrogen and oxygen atoms in total. The van der Waals surface area contributed by atoms with Gasteiger partial charge in [0.1, 0.15) is 11.5 Å². The molecule has 0 spiro atoms. The summed E-state index contributed by atoms with van der Waals surface area (Å²) < 4.78 is 6.00. The predicted octanol–water partition coefficient (Wildman–Crippen LogP) is 5.01. The highest BCUT2D eigenvalue weighted by Gasteiger charge is 2.39. The third kappa shape index (κ3) is 3.09. The molecule has 4 heteroatoms. The number of hydrogen-bond acceptors (Lipinski definition) is 3. The van der Waals surface area contributed by atoms with Crippen LogP contribution in [0.3, 0.4) is 0 Å². The van der Waals surface area contributed by atoms with Crippen LogP contribution in [0.15, 0.2) is 53.0 Å². The summed E-state index contributed by atoms with van der Waals surface area (Å²) in [6.07, 6.45) is 8.20. The SMILES string of the molecule is O=C1CCCC2=C1C(/C=C/c1ccc(Cl)cc1)C1=C(CCCC1=O)O2. The van der Waals surface area contributed by atoms with Gasteiger partial charge in [-0.3, -0.25) is 9.59 Å². The van der Waals surface area contributed by atoms with Crippen LogP contribution >= 0.6 is 11.6 Å². The highest BCUT2D eigenvalue weighted by Crippen LogP contribution is 2.43. The monoisotopic (exact) mass is 354 g/mol. The Kier molecular flexibility index (Phi) is 4.34. The largest absolute Gasteiger partial charge is 0.465 e. The molecule has 1 aromatic carbocycles. The predicted molar refractivity (Wildman–Crippen MR) is 96.8 cm³/mol. The van der Waals surface area contributed by atoms with Gasteiger partial charge in [-0.2, -0.15) is 0 Å². The number of carbonyl (C=O) groups is 2.